The lowest BCUT2D eigenvalue weighted by molar-refractivity contribution is 0.0732. The minimum Gasteiger partial charge on any atom is -0.417 e. The molecule has 0 atom stereocenters. The lowest BCUT2D eigenvalue weighted by Gasteiger charge is -2.09. The molecule has 4 heteroatoms. The normalized spacial score (nSPS) is 10.5. The molecular weight excluding hydrogens is 266 g/mol. The number of pyridine rings is 1. The average Bonchev–Trinajstić information content (AvgIpc) is 2.53. The summed E-state index contributed by atoms with van der Waals surface area (Å²) in [5, 5.41) is 0.526. The number of nitrogens with zero attached hydrogens (tertiary/aromatic N) is 1. The molecule has 3 aromatic rings. The topological polar surface area (TPSA) is 48.3 Å². The molecule has 104 valence electrons. The van der Waals surface area contributed by atoms with Gasteiger partial charge in [0.15, 0.2) is 5.75 Å². The Morgan fingerprint density at radius 1 is 1.00 bits per heavy atom. The third-order valence-corrected chi connectivity index (χ3v) is 3.28. The van der Waals surface area contributed by atoms with Crippen molar-refractivity contribution >= 4 is 16.9 Å². The number of rotatable bonds is 2. The molecule has 0 aliphatic carbocycles. The Bertz CT molecular complexity index is 866. The van der Waals surface area contributed by atoms with Crippen LogP contribution >= 0.6 is 0 Å². The summed E-state index contributed by atoms with van der Waals surface area (Å²) in [5.74, 6) is -0.506. The van der Waals surface area contributed by atoms with E-state index < -0.39 is 5.97 Å². The number of hydrogen-bond acceptors (Lipinski definition) is 3. The van der Waals surface area contributed by atoms with Gasteiger partial charge in [0.1, 0.15) is 0 Å². The van der Waals surface area contributed by atoms with Crippen LogP contribution in [-0.2, 0) is 7.05 Å². The highest BCUT2D eigenvalue weighted by molar-refractivity contribution is 5.91. The second kappa shape index (κ2) is 5.25. The van der Waals surface area contributed by atoms with Crippen LogP contribution in [0.15, 0.2) is 65.6 Å². The Hall–Kier alpha value is -2.88. The molecule has 2 aromatic carbocycles. The van der Waals surface area contributed by atoms with Gasteiger partial charge in [-0.1, -0.05) is 30.3 Å². The van der Waals surface area contributed by atoms with E-state index in [9.17, 15) is 9.59 Å². The molecule has 0 saturated carbocycles. The molecule has 0 amide bonds. The number of esters is 1. The van der Waals surface area contributed by atoms with Gasteiger partial charge in [-0.3, -0.25) is 4.79 Å². The number of aryl methyl sites for hydroxylation is 1. The predicted molar refractivity (Wildman–Crippen MR) is 80.6 cm³/mol. The molecule has 0 bridgehead atoms. The van der Waals surface area contributed by atoms with Crippen molar-refractivity contribution in [2.45, 2.75) is 0 Å². The lowest BCUT2D eigenvalue weighted by atomic mass is 10.2. The fraction of sp³-hybridized carbons (Fsp3) is 0.0588. The first-order valence-corrected chi connectivity index (χ1v) is 6.52. The summed E-state index contributed by atoms with van der Waals surface area (Å²) < 4.78 is 7.02. The highest BCUT2D eigenvalue weighted by Gasteiger charge is 2.13. The van der Waals surface area contributed by atoms with E-state index in [1.54, 1.807) is 41.0 Å². The molecule has 4 nitrogen and oxygen atoms in total. The van der Waals surface area contributed by atoms with E-state index in [2.05, 4.69) is 0 Å². The average molecular weight is 279 g/mol. The van der Waals surface area contributed by atoms with Gasteiger partial charge in [0.2, 0.25) is 5.43 Å². The smallest absolute Gasteiger partial charge is 0.343 e. The van der Waals surface area contributed by atoms with Crippen LogP contribution in [0.2, 0.25) is 0 Å². The number of ether oxygens (including phenoxy) is 1. The number of benzene rings is 2. The third kappa shape index (κ3) is 2.43. The number of para-hydroxylation sites is 1. The second-order valence-electron chi connectivity index (χ2n) is 4.71. The number of hydrogen-bond donors (Lipinski definition) is 0. The van der Waals surface area contributed by atoms with Gasteiger partial charge in [-0.25, -0.2) is 4.79 Å². The maximum absolute atomic E-state index is 12.4. The van der Waals surface area contributed by atoms with Crippen LogP contribution < -0.4 is 10.2 Å². The fourth-order valence-corrected chi connectivity index (χ4v) is 2.22. The van der Waals surface area contributed by atoms with E-state index in [0.717, 1.165) is 5.52 Å². The van der Waals surface area contributed by atoms with Crippen LogP contribution in [0, 0.1) is 0 Å². The summed E-state index contributed by atoms with van der Waals surface area (Å²) in [4.78, 5) is 24.4. The summed E-state index contributed by atoms with van der Waals surface area (Å²) in [6.07, 6.45) is 1.53. The highest BCUT2D eigenvalue weighted by atomic mass is 16.5. The molecular formula is C17H13NO3. The van der Waals surface area contributed by atoms with Crippen molar-refractivity contribution in [1.29, 1.82) is 0 Å². The minimum atomic E-state index is -0.539. The monoisotopic (exact) mass is 279 g/mol. The number of carbonyl (C=O) groups excluding carboxylic acids is 1. The maximum Gasteiger partial charge on any atom is 0.343 e. The van der Waals surface area contributed by atoms with Gasteiger partial charge < -0.3 is 9.30 Å². The third-order valence-electron chi connectivity index (χ3n) is 3.28. The summed E-state index contributed by atoms with van der Waals surface area (Å²) in [6, 6.07) is 15.8. The van der Waals surface area contributed by atoms with E-state index in [1.807, 2.05) is 25.2 Å². The van der Waals surface area contributed by atoms with Gasteiger partial charge in [-0.15, -0.1) is 0 Å². The van der Waals surface area contributed by atoms with Crippen LogP contribution in [-0.4, -0.2) is 10.5 Å². The number of aromatic nitrogens is 1. The molecule has 0 unspecified atom stereocenters. The molecule has 1 heterocycles. The first-order valence-electron chi connectivity index (χ1n) is 6.52. The molecule has 0 aliphatic heterocycles. The van der Waals surface area contributed by atoms with Crippen LogP contribution in [0.3, 0.4) is 0 Å². The van der Waals surface area contributed by atoms with Crippen molar-refractivity contribution in [3.05, 3.63) is 76.6 Å². The Kier molecular flexibility index (Phi) is 3.28. The zero-order valence-corrected chi connectivity index (χ0v) is 11.4. The van der Waals surface area contributed by atoms with Crippen molar-refractivity contribution in [3.8, 4) is 5.75 Å². The summed E-state index contributed by atoms with van der Waals surface area (Å²) >= 11 is 0. The van der Waals surface area contributed by atoms with Crippen molar-refractivity contribution in [2.24, 2.45) is 7.05 Å². The zero-order chi connectivity index (χ0) is 14.8. The molecule has 0 saturated heterocycles. The minimum absolute atomic E-state index is 0.0325. The van der Waals surface area contributed by atoms with Gasteiger partial charge in [-0.05, 0) is 24.3 Å². The van der Waals surface area contributed by atoms with Crippen molar-refractivity contribution in [2.75, 3.05) is 0 Å². The van der Waals surface area contributed by atoms with E-state index in [4.69, 9.17) is 4.74 Å². The van der Waals surface area contributed by atoms with E-state index >= 15 is 0 Å². The molecule has 0 spiro atoms. The standard InChI is InChI=1S/C17H13NO3/c1-18-11-15(16(19)13-9-5-6-10-14(13)18)21-17(20)12-7-3-2-4-8-12/h2-11H,1H3. The van der Waals surface area contributed by atoms with E-state index in [0.29, 0.717) is 10.9 Å². The first kappa shape index (κ1) is 13.1. The molecule has 0 radical (unpaired) electrons. The highest BCUT2D eigenvalue weighted by Crippen LogP contribution is 2.15. The molecule has 1 aromatic heterocycles. The molecule has 0 fully saturated rings. The molecule has 0 N–H and O–H groups in total. The van der Waals surface area contributed by atoms with Gasteiger partial charge in [0, 0.05) is 12.4 Å². The Morgan fingerprint density at radius 2 is 1.67 bits per heavy atom. The summed E-state index contributed by atoms with van der Waals surface area (Å²) in [5.41, 5.74) is 0.919. The van der Waals surface area contributed by atoms with Gasteiger partial charge in [-0.2, -0.15) is 0 Å². The lowest BCUT2D eigenvalue weighted by Crippen LogP contribution is -2.17. The molecule has 3 rings (SSSR count). The van der Waals surface area contributed by atoms with E-state index in [-0.39, 0.29) is 11.2 Å². The van der Waals surface area contributed by atoms with Crippen LogP contribution in [0.1, 0.15) is 10.4 Å². The van der Waals surface area contributed by atoms with E-state index in [1.165, 1.54) is 6.20 Å². The van der Waals surface area contributed by atoms with Crippen molar-refractivity contribution < 1.29 is 9.53 Å². The summed E-state index contributed by atoms with van der Waals surface area (Å²) in [7, 11) is 1.81. The Labute approximate surface area is 121 Å². The fourth-order valence-electron chi connectivity index (χ4n) is 2.22. The molecule has 21 heavy (non-hydrogen) atoms. The largest absolute Gasteiger partial charge is 0.417 e. The zero-order valence-electron chi connectivity index (χ0n) is 11.4. The SMILES string of the molecule is Cn1cc(OC(=O)c2ccccc2)c(=O)c2ccccc21. The number of fused-ring (bicyclic) bond motifs is 1. The Morgan fingerprint density at radius 3 is 2.43 bits per heavy atom. The second-order valence-corrected chi connectivity index (χ2v) is 4.71. The van der Waals surface area contributed by atoms with Crippen LogP contribution in [0.4, 0.5) is 0 Å². The molecule has 0 aliphatic rings. The quantitative estimate of drug-likeness (QED) is 0.678. The van der Waals surface area contributed by atoms with Gasteiger partial charge in [0.05, 0.1) is 17.3 Å². The maximum atomic E-state index is 12.4. The van der Waals surface area contributed by atoms with Crippen LogP contribution in [0.25, 0.3) is 10.9 Å². The van der Waals surface area contributed by atoms with Crippen molar-refractivity contribution in [1.82, 2.24) is 4.57 Å². The predicted octanol–water partition coefficient (Wildman–Crippen LogP) is 2.76. The van der Waals surface area contributed by atoms with Gasteiger partial charge in [0.25, 0.3) is 0 Å². The Balaban J connectivity index is 2.04. The summed E-state index contributed by atoms with van der Waals surface area (Å²) in [6.45, 7) is 0. The van der Waals surface area contributed by atoms with Gasteiger partial charge >= 0.3 is 5.97 Å². The van der Waals surface area contributed by atoms with Crippen molar-refractivity contribution in [3.63, 3.8) is 0 Å². The number of carbonyl (C=O) groups is 1. The van der Waals surface area contributed by atoms with Crippen LogP contribution in [0.5, 0.6) is 5.75 Å². The first-order chi connectivity index (χ1) is 10.2.